The van der Waals surface area contributed by atoms with Crippen molar-refractivity contribution in [1.29, 1.82) is 0 Å². The Morgan fingerprint density at radius 1 is 1.11 bits per heavy atom. The van der Waals surface area contributed by atoms with Gasteiger partial charge in [0.05, 0.1) is 0 Å². The number of piperidine rings is 1. The van der Waals surface area contributed by atoms with Crippen LogP contribution < -0.4 is 5.73 Å². The Bertz CT molecular complexity index is 261. The van der Waals surface area contributed by atoms with Gasteiger partial charge in [0.2, 0.25) is 0 Å². The van der Waals surface area contributed by atoms with Gasteiger partial charge in [0.15, 0.2) is 0 Å². The minimum atomic E-state index is -0.420. The van der Waals surface area contributed by atoms with Crippen LogP contribution in [0.3, 0.4) is 0 Å². The Morgan fingerprint density at radius 2 is 1.63 bits per heavy atom. The first kappa shape index (κ1) is 16.9. The molecule has 0 spiro atoms. The van der Waals surface area contributed by atoms with Crippen molar-refractivity contribution in [3.63, 3.8) is 0 Å². The maximum atomic E-state index is 10.6. The van der Waals surface area contributed by atoms with E-state index in [1.165, 1.54) is 0 Å². The normalized spacial score (nSPS) is 25.4. The molecule has 19 heavy (non-hydrogen) atoms. The third-order valence-corrected chi connectivity index (χ3v) is 4.25. The average Bonchev–Trinajstić information content (AvgIpc) is 2.19. The fraction of sp³-hybridized carbons (Fsp3) is 1.00. The number of aliphatic hydroxyl groups excluding tert-OH is 2. The SMILES string of the molecule is CC1(C)CC(N)CC(C)(C)N1C(O)CCCCCO. The summed E-state index contributed by atoms with van der Waals surface area (Å²) in [5.74, 6) is 0. The Kier molecular flexibility index (Phi) is 5.80. The highest BCUT2D eigenvalue weighted by Gasteiger charge is 2.46. The zero-order valence-electron chi connectivity index (χ0n) is 13.0. The van der Waals surface area contributed by atoms with Crippen molar-refractivity contribution < 1.29 is 10.2 Å². The summed E-state index contributed by atoms with van der Waals surface area (Å²) < 4.78 is 0. The lowest BCUT2D eigenvalue weighted by atomic mass is 9.76. The lowest BCUT2D eigenvalue weighted by molar-refractivity contribution is -0.145. The van der Waals surface area contributed by atoms with Gasteiger partial charge in [-0.15, -0.1) is 0 Å². The van der Waals surface area contributed by atoms with E-state index in [1.807, 2.05) is 0 Å². The smallest absolute Gasteiger partial charge is 0.108 e. The summed E-state index contributed by atoms with van der Waals surface area (Å²) in [4.78, 5) is 2.24. The van der Waals surface area contributed by atoms with Crippen molar-refractivity contribution in [3.05, 3.63) is 0 Å². The first-order chi connectivity index (χ1) is 8.70. The van der Waals surface area contributed by atoms with Crippen LogP contribution in [0.5, 0.6) is 0 Å². The number of aliphatic hydroxyl groups is 2. The number of nitrogens with zero attached hydrogens (tertiary/aromatic N) is 1. The van der Waals surface area contributed by atoms with E-state index in [9.17, 15) is 5.11 Å². The molecule has 0 amide bonds. The summed E-state index contributed by atoms with van der Waals surface area (Å²) in [5.41, 5.74) is 6.01. The fourth-order valence-corrected chi connectivity index (χ4v) is 3.92. The van der Waals surface area contributed by atoms with E-state index in [1.54, 1.807) is 0 Å². The van der Waals surface area contributed by atoms with E-state index in [2.05, 4.69) is 32.6 Å². The summed E-state index contributed by atoms with van der Waals surface area (Å²) in [5, 5.41) is 19.3. The van der Waals surface area contributed by atoms with Gasteiger partial charge in [-0.1, -0.05) is 6.42 Å². The molecule has 114 valence electrons. The highest BCUT2D eigenvalue weighted by Crippen LogP contribution is 2.39. The van der Waals surface area contributed by atoms with E-state index in [-0.39, 0.29) is 23.7 Å². The first-order valence-corrected chi connectivity index (χ1v) is 7.55. The lowest BCUT2D eigenvalue weighted by Gasteiger charge is -2.56. The van der Waals surface area contributed by atoms with Crippen LogP contribution >= 0.6 is 0 Å². The highest BCUT2D eigenvalue weighted by molar-refractivity contribution is 5.02. The largest absolute Gasteiger partial charge is 0.396 e. The van der Waals surface area contributed by atoms with Gasteiger partial charge in [-0.25, -0.2) is 0 Å². The highest BCUT2D eigenvalue weighted by atomic mass is 16.3. The van der Waals surface area contributed by atoms with Gasteiger partial charge in [-0.2, -0.15) is 0 Å². The number of hydrogen-bond acceptors (Lipinski definition) is 4. The van der Waals surface area contributed by atoms with Gasteiger partial charge >= 0.3 is 0 Å². The second kappa shape index (κ2) is 6.53. The molecule has 1 unspecified atom stereocenters. The lowest BCUT2D eigenvalue weighted by Crippen LogP contribution is -2.66. The van der Waals surface area contributed by atoms with Gasteiger partial charge in [0.25, 0.3) is 0 Å². The van der Waals surface area contributed by atoms with Crippen molar-refractivity contribution in [2.45, 2.75) is 89.6 Å². The minimum absolute atomic E-state index is 0.0719. The molecule has 1 fully saturated rings. The zero-order valence-corrected chi connectivity index (χ0v) is 13.0. The second-order valence-corrected chi connectivity index (χ2v) is 7.22. The summed E-state index contributed by atoms with van der Waals surface area (Å²) >= 11 is 0. The molecule has 0 bridgehead atoms. The monoisotopic (exact) mass is 272 g/mol. The molecule has 1 rings (SSSR count). The van der Waals surface area contributed by atoms with Crippen LogP contribution in [0.15, 0.2) is 0 Å². The molecule has 0 aliphatic carbocycles. The van der Waals surface area contributed by atoms with Crippen LogP contribution in [0.4, 0.5) is 0 Å². The van der Waals surface area contributed by atoms with E-state index in [0.717, 1.165) is 38.5 Å². The van der Waals surface area contributed by atoms with Gasteiger partial charge in [-0.3, -0.25) is 4.90 Å². The molecule has 1 saturated heterocycles. The second-order valence-electron chi connectivity index (χ2n) is 7.22. The molecule has 4 N–H and O–H groups in total. The molecular formula is C15H32N2O2. The number of hydrogen-bond donors (Lipinski definition) is 3. The summed E-state index contributed by atoms with van der Waals surface area (Å²) in [6.07, 6.45) is 4.94. The molecule has 4 nitrogen and oxygen atoms in total. The van der Waals surface area contributed by atoms with E-state index in [0.29, 0.717) is 0 Å². The molecule has 0 saturated carbocycles. The standard InChI is InChI=1S/C15H32N2O2/c1-14(2)10-12(16)11-15(3,4)17(14)13(19)8-6-5-7-9-18/h12-13,18-19H,5-11,16H2,1-4H3. The fourth-order valence-electron chi connectivity index (χ4n) is 3.92. The Labute approximate surface area is 118 Å². The molecule has 0 radical (unpaired) electrons. The quantitative estimate of drug-likeness (QED) is 0.645. The maximum Gasteiger partial charge on any atom is 0.108 e. The first-order valence-electron chi connectivity index (χ1n) is 7.55. The van der Waals surface area contributed by atoms with E-state index in [4.69, 9.17) is 10.8 Å². The van der Waals surface area contributed by atoms with Gasteiger partial charge in [0, 0.05) is 23.7 Å². The van der Waals surface area contributed by atoms with Crippen molar-refractivity contribution >= 4 is 0 Å². The Morgan fingerprint density at radius 3 is 2.11 bits per heavy atom. The molecule has 0 aromatic carbocycles. The summed E-state index contributed by atoms with van der Waals surface area (Å²) in [7, 11) is 0. The average molecular weight is 272 g/mol. The molecule has 1 aliphatic heterocycles. The molecular weight excluding hydrogens is 240 g/mol. The summed E-state index contributed by atoms with van der Waals surface area (Å²) in [6.45, 7) is 8.93. The van der Waals surface area contributed by atoms with Crippen molar-refractivity contribution in [1.82, 2.24) is 4.90 Å². The van der Waals surface area contributed by atoms with Gasteiger partial charge in [-0.05, 0) is 59.8 Å². The molecule has 0 aromatic rings. The molecule has 0 aromatic heterocycles. The molecule has 4 heteroatoms. The maximum absolute atomic E-state index is 10.6. The van der Waals surface area contributed by atoms with E-state index >= 15 is 0 Å². The zero-order chi connectivity index (χ0) is 14.7. The predicted molar refractivity (Wildman–Crippen MR) is 78.8 cm³/mol. The minimum Gasteiger partial charge on any atom is -0.396 e. The predicted octanol–water partition coefficient (Wildman–Crippen LogP) is 1.84. The molecule has 1 atom stereocenters. The van der Waals surface area contributed by atoms with Crippen LogP contribution in [0, 0.1) is 0 Å². The van der Waals surface area contributed by atoms with Crippen LogP contribution in [0.1, 0.15) is 66.2 Å². The third-order valence-electron chi connectivity index (χ3n) is 4.25. The van der Waals surface area contributed by atoms with E-state index < -0.39 is 6.23 Å². The van der Waals surface area contributed by atoms with Gasteiger partial charge in [0.1, 0.15) is 6.23 Å². The Balaban J connectivity index is 2.66. The Hall–Kier alpha value is -0.160. The van der Waals surface area contributed by atoms with Crippen molar-refractivity contribution in [2.75, 3.05) is 6.61 Å². The van der Waals surface area contributed by atoms with Gasteiger partial charge < -0.3 is 15.9 Å². The van der Waals surface area contributed by atoms with Crippen molar-refractivity contribution in [2.24, 2.45) is 5.73 Å². The number of likely N-dealkylation sites (tertiary alicyclic amines) is 1. The molecule has 1 aliphatic rings. The van der Waals surface area contributed by atoms with Crippen LogP contribution in [-0.4, -0.2) is 45.1 Å². The third kappa shape index (κ3) is 4.42. The van der Waals surface area contributed by atoms with Crippen LogP contribution in [0.25, 0.3) is 0 Å². The molecule has 1 heterocycles. The summed E-state index contributed by atoms with van der Waals surface area (Å²) in [6, 6.07) is 0.211. The number of rotatable bonds is 6. The van der Waals surface area contributed by atoms with Crippen LogP contribution in [0.2, 0.25) is 0 Å². The van der Waals surface area contributed by atoms with Crippen LogP contribution in [-0.2, 0) is 0 Å². The number of unbranched alkanes of at least 4 members (excludes halogenated alkanes) is 2. The topological polar surface area (TPSA) is 69.7 Å². The number of nitrogens with two attached hydrogens (primary N) is 1. The van der Waals surface area contributed by atoms with Crippen molar-refractivity contribution in [3.8, 4) is 0 Å².